The van der Waals surface area contributed by atoms with E-state index in [1.807, 2.05) is 13.8 Å². The van der Waals surface area contributed by atoms with Crippen molar-refractivity contribution in [3.63, 3.8) is 0 Å². The topological polar surface area (TPSA) is 55.1 Å². The number of nitrogens with one attached hydrogen (secondary N) is 1. The van der Waals surface area contributed by atoms with E-state index in [-0.39, 0.29) is 23.8 Å². The van der Waals surface area contributed by atoms with Gasteiger partial charge in [0.1, 0.15) is 11.6 Å². The molecular formula is C17H24F2N2O. The third-order valence-corrected chi connectivity index (χ3v) is 4.35. The standard InChI is InChI=1S/C17H24F2N2O/c1-10(2)16(14-7-6-12(18)9-15(14)19)21-17(22)11-4-3-5-13(20)8-11/h6-7,9-11,13,16H,3-5,8,20H2,1-2H3,(H,21,22). The molecule has 1 saturated carbocycles. The van der Waals surface area contributed by atoms with Crippen molar-refractivity contribution >= 4 is 5.91 Å². The van der Waals surface area contributed by atoms with Crippen molar-refractivity contribution in [3.8, 4) is 0 Å². The van der Waals surface area contributed by atoms with Crippen LogP contribution in [0.15, 0.2) is 18.2 Å². The van der Waals surface area contributed by atoms with Crippen LogP contribution in [0.5, 0.6) is 0 Å². The summed E-state index contributed by atoms with van der Waals surface area (Å²) in [4.78, 5) is 12.4. The Morgan fingerprint density at radius 2 is 2.05 bits per heavy atom. The molecule has 3 nitrogen and oxygen atoms in total. The van der Waals surface area contributed by atoms with E-state index >= 15 is 0 Å². The predicted octanol–water partition coefficient (Wildman–Crippen LogP) is 3.30. The van der Waals surface area contributed by atoms with Crippen LogP contribution in [0.25, 0.3) is 0 Å². The Morgan fingerprint density at radius 3 is 2.64 bits per heavy atom. The van der Waals surface area contributed by atoms with Gasteiger partial charge >= 0.3 is 0 Å². The molecule has 1 aromatic rings. The van der Waals surface area contributed by atoms with Crippen LogP contribution < -0.4 is 11.1 Å². The van der Waals surface area contributed by atoms with Crippen molar-refractivity contribution in [2.24, 2.45) is 17.6 Å². The van der Waals surface area contributed by atoms with Gasteiger partial charge in [0, 0.05) is 23.6 Å². The summed E-state index contributed by atoms with van der Waals surface area (Å²) in [5.41, 5.74) is 6.25. The fourth-order valence-electron chi connectivity index (χ4n) is 3.09. The van der Waals surface area contributed by atoms with Crippen LogP contribution >= 0.6 is 0 Å². The van der Waals surface area contributed by atoms with E-state index in [2.05, 4.69) is 5.32 Å². The van der Waals surface area contributed by atoms with Gasteiger partial charge in [0.15, 0.2) is 0 Å². The molecule has 3 N–H and O–H groups in total. The monoisotopic (exact) mass is 310 g/mol. The number of rotatable bonds is 4. The number of carbonyl (C=O) groups is 1. The molecule has 0 bridgehead atoms. The molecule has 1 fully saturated rings. The van der Waals surface area contributed by atoms with E-state index in [1.54, 1.807) is 0 Å². The molecule has 0 spiro atoms. The van der Waals surface area contributed by atoms with Crippen molar-refractivity contribution < 1.29 is 13.6 Å². The summed E-state index contributed by atoms with van der Waals surface area (Å²) in [5.74, 6) is -1.44. The average molecular weight is 310 g/mol. The molecule has 3 unspecified atom stereocenters. The summed E-state index contributed by atoms with van der Waals surface area (Å²) in [7, 11) is 0. The second kappa shape index (κ2) is 7.18. The fraction of sp³-hybridized carbons (Fsp3) is 0.588. The van der Waals surface area contributed by atoms with Gasteiger partial charge < -0.3 is 11.1 Å². The third kappa shape index (κ3) is 4.03. The lowest BCUT2D eigenvalue weighted by atomic mass is 9.85. The zero-order valence-electron chi connectivity index (χ0n) is 13.1. The largest absolute Gasteiger partial charge is 0.349 e. The molecule has 3 atom stereocenters. The van der Waals surface area contributed by atoms with Gasteiger partial charge in [-0.05, 0) is 31.2 Å². The highest BCUT2D eigenvalue weighted by molar-refractivity contribution is 5.79. The molecule has 0 aliphatic heterocycles. The third-order valence-electron chi connectivity index (χ3n) is 4.35. The molecule has 122 valence electrons. The Hall–Kier alpha value is -1.49. The minimum absolute atomic E-state index is 0.00109. The maximum Gasteiger partial charge on any atom is 0.223 e. The first-order valence-corrected chi connectivity index (χ1v) is 7.89. The number of hydrogen-bond acceptors (Lipinski definition) is 2. The minimum Gasteiger partial charge on any atom is -0.349 e. The molecule has 1 aliphatic carbocycles. The van der Waals surface area contributed by atoms with Crippen molar-refractivity contribution in [1.82, 2.24) is 5.32 Å². The van der Waals surface area contributed by atoms with Gasteiger partial charge in [-0.15, -0.1) is 0 Å². The predicted molar refractivity (Wildman–Crippen MR) is 82.0 cm³/mol. The maximum atomic E-state index is 14.0. The van der Waals surface area contributed by atoms with Gasteiger partial charge in [0.05, 0.1) is 6.04 Å². The quantitative estimate of drug-likeness (QED) is 0.896. The van der Waals surface area contributed by atoms with Crippen molar-refractivity contribution in [3.05, 3.63) is 35.4 Å². The van der Waals surface area contributed by atoms with E-state index in [4.69, 9.17) is 5.73 Å². The van der Waals surface area contributed by atoms with Gasteiger partial charge in [-0.2, -0.15) is 0 Å². The van der Waals surface area contributed by atoms with Gasteiger partial charge in [-0.1, -0.05) is 26.3 Å². The summed E-state index contributed by atoms with van der Waals surface area (Å²) < 4.78 is 27.1. The Labute approximate surface area is 130 Å². The Balaban J connectivity index is 2.13. The highest BCUT2D eigenvalue weighted by atomic mass is 19.1. The molecule has 1 aliphatic rings. The van der Waals surface area contributed by atoms with E-state index in [0.29, 0.717) is 12.0 Å². The molecule has 0 heterocycles. The molecular weight excluding hydrogens is 286 g/mol. The lowest BCUT2D eigenvalue weighted by molar-refractivity contribution is -0.127. The van der Waals surface area contributed by atoms with Crippen LogP contribution in [0.3, 0.4) is 0 Å². The van der Waals surface area contributed by atoms with Crippen molar-refractivity contribution in [1.29, 1.82) is 0 Å². The summed E-state index contributed by atoms with van der Waals surface area (Å²) in [6.07, 6.45) is 3.37. The summed E-state index contributed by atoms with van der Waals surface area (Å²) in [5, 5.41) is 2.93. The molecule has 2 rings (SSSR count). The number of amides is 1. The second-order valence-electron chi connectivity index (χ2n) is 6.52. The number of benzene rings is 1. The SMILES string of the molecule is CC(C)C(NC(=O)C1CCCC(N)C1)c1ccc(F)cc1F. The van der Waals surface area contributed by atoms with E-state index in [0.717, 1.165) is 25.3 Å². The zero-order valence-corrected chi connectivity index (χ0v) is 13.1. The first kappa shape index (κ1) is 16.9. The summed E-state index contributed by atoms with van der Waals surface area (Å²) in [6, 6.07) is 3.07. The summed E-state index contributed by atoms with van der Waals surface area (Å²) >= 11 is 0. The Bertz CT molecular complexity index is 533. The smallest absolute Gasteiger partial charge is 0.223 e. The molecule has 1 amide bonds. The number of carbonyl (C=O) groups excluding carboxylic acids is 1. The number of nitrogens with two attached hydrogens (primary N) is 1. The van der Waals surface area contributed by atoms with Crippen molar-refractivity contribution in [2.75, 3.05) is 0 Å². The van der Waals surface area contributed by atoms with Crippen LogP contribution in [-0.2, 0) is 4.79 Å². The van der Waals surface area contributed by atoms with Crippen molar-refractivity contribution in [2.45, 2.75) is 51.6 Å². The summed E-state index contributed by atoms with van der Waals surface area (Å²) in [6.45, 7) is 3.81. The molecule has 0 saturated heterocycles. The van der Waals surface area contributed by atoms with Crippen LogP contribution in [-0.4, -0.2) is 11.9 Å². The van der Waals surface area contributed by atoms with Gasteiger partial charge in [0.25, 0.3) is 0 Å². The minimum atomic E-state index is -0.626. The zero-order chi connectivity index (χ0) is 16.3. The molecule has 0 radical (unpaired) electrons. The van der Waals surface area contributed by atoms with Crippen LogP contribution in [0.4, 0.5) is 8.78 Å². The molecule has 22 heavy (non-hydrogen) atoms. The maximum absolute atomic E-state index is 14.0. The van der Waals surface area contributed by atoms with Crippen LogP contribution in [0, 0.1) is 23.5 Å². The molecule has 1 aromatic carbocycles. The average Bonchev–Trinajstić information content (AvgIpc) is 2.45. The molecule has 5 heteroatoms. The number of hydrogen-bond donors (Lipinski definition) is 2. The normalized spacial score (nSPS) is 23.4. The number of halogens is 2. The van der Waals surface area contributed by atoms with E-state index in [9.17, 15) is 13.6 Å². The first-order chi connectivity index (χ1) is 10.4. The lowest BCUT2D eigenvalue weighted by Gasteiger charge is -2.29. The van der Waals surface area contributed by atoms with Gasteiger partial charge in [0.2, 0.25) is 5.91 Å². The van der Waals surface area contributed by atoms with Gasteiger partial charge in [-0.25, -0.2) is 8.78 Å². The highest BCUT2D eigenvalue weighted by Crippen LogP contribution is 2.28. The lowest BCUT2D eigenvalue weighted by Crippen LogP contribution is -2.40. The Morgan fingerprint density at radius 1 is 1.32 bits per heavy atom. The van der Waals surface area contributed by atoms with Crippen LogP contribution in [0.1, 0.15) is 51.1 Å². The van der Waals surface area contributed by atoms with Crippen LogP contribution in [0.2, 0.25) is 0 Å². The van der Waals surface area contributed by atoms with E-state index in [1.165, 1.54) is 12.1 Å². The molecule has 0 aromatic heterocycles. The van der Waals surface area contributed by atoms with E-state index < -0.39 is 17.7 Å². The fourth-order valence-corrected chi connectivity index (χ4v) is 3.09. The second-order valence-corrected chi connectivity index (χ2v) is 6.52. The Kier molecular flexibility index (Phi) is 5.51. The first-order valence-electron chi connectivity index (χ1n) is 7.89. The highest BCUT2D eigenvalue weighted by Gasteiger charge is 2.29. The van der Waals surface area contributed by atoms with Gasteiger partial charge in [-0.3, -0.25) is 4.79 Å².